The first-order valence-corrected chi connectivity index (χ1v) is 8.74. The first-order chi connectivity index (χ1) is 12.3. The molecule has 1 fully saturated rings. The SMILES string of the molecule is N#CCC[C@@H](NC(=O)N1CCC(n2cccn2)CC1)c1ccccc1. The van der Waals surface area contributed by atoms with Crippen molar-refractivity contribution in [1.29, 1.82) is 5.26 Å². The van der Waals surface area contributed by atoms with E-state index in [0.29, 0.717) is 18.9 Å². The number of likely N-dealkylation sites (tertiary alicyclic amines) is 1. The summed E-state index contributed by atoms with van der Waals surface area (Å²) >= 11 is 0. The van der Waals surface area contributed by atoms with Crippen molar-refractivity contribution in [2.24, 2.45) is 0 Å². The molecule has 1 aliphatic heterocycles. The molecule has 1 aromatic heterocycles. The quantitative estimate of drug-likeness (QED) is 0.910. The van der Waals surface area contributed by atoms with E-state index in [4.69, 9.17) is 5.26 Å². The van der Waals surface area contributed by atoms with Gasteiger partial charge in [-0.05, 0) is 30.9 Å². The Hall–Kier alpha value is -2.81. The molecule has 0 saturated carbocycles. The number of rotatable bonds is 5. The second-order valence-electron chi connectivity index (χ2n) is 6.31. The van der Waals surface area contributed by atoms with Gasteiger partial charge < -0.3 is 10.2 Å². The molecule has 3 rings (SSSR count). The Balaban J connectivity index is 1.57. The molecule has 130 valence electrons. The molecule has 0 spiro atoms. The highest BCUT2D eigenvalue weighted by molar-refractivity contribution is 5.74. The fourth-order valence-electron chi connectivity index (χ4n) is 3.29. The second-order valence-corrected chi connectivity index (χ2v) is 6.31. The Labute approximate surface area is 148 Å². The van der Waals surface area contributed by atoms with E-state index in [2.05, 4.69) is 16.5 Å². The van der Waals surface area contributed by atoms with Crippen molar-refractivity contribution >= 4 is 6.03 Å². The van der Waals surface area contributed by atoms with Gasteiger partial charge >= 0.3 is 6.03 Å². The van der Waals surface area contributed by atoms with Crippen molar-refractivity contribution in [1.82, 2.24) is 20.0 Å². The molecule has 2 amide bonds. The summed E-state index contributed by atoms with van der Waals surface area (Å²) in [5.74, 6) is 0. The Morgan fingerprint density at radius 2 is 2.04 bits per heavy atom. The Morgan fingerprint density at radius 1 is 1.28 bits per heavy atom. The third-order valence-electron chi connectivity index (χ3n) is 4.70. The van der Waals surface area contributed by atoms with Crippen molar-refractivity contribution in [3.05, 3.63) is 54.4 Å². The lowest BCUT2D eigenvalue weighted by molar-refractivity contribution is 0.165. The maximum Gasteiger partial charge on any atom is 0.317 e. The van der Waals surface area contributed by atoms with Crippen LogP contribution in [0.2, 0.25) is 0 Å². The molecule has 6 nitrogen and oxygen atoms in total. The van der Waals surface area contributed by atoms with E-state index in [-0.39, 0.29) is 12.1 Å². The molecule has 1 aliphatic rings. The van der Waals surface area contributed by atoms with Gasteiger partial charge in [0.05, 0.1) is 18.2 Å². The number of urea groups is 1. The third kappa shape index (κ3) is 4.38. The van der Waals surface area contributed by atoms with Gasteiger partial charge in [-0.15, -0.1) is 0 Å². The lowest BCUT2D eigenvalue weighted by Crippen LogP contribution is -2.45. The summed E-state index contributed by atoms with van der Waals surface area (Å²) < 4.78 is 1.98. The average molecular weight is 337 g/mol. The van der Waals surface area contributed by atoms with Crippen LogP contribution in [0.4, 0.5) is 4.79 Å². The van der Waals surface area contributed by atoms with Gasteiger partial charge in [-0.3, -0.25) is 4.68 Å². The number of nitriles is 1. The predicted octanol–water partition coefficient (Wildman–Crippen LogP) is 3.27. The van der Waals surface area contributed by atoms with Crippen molar-refractivity contribution in [2.75, 3.05) is 13.1 Å². The van der Waals surface area contributed by atoms with E-state index in [1.54, 1.807) is 6.20 Å². The number of carbonyl (C=O) groups is 1. The fraction of sp³-hybridized carbons (Fsp3) is 0.421. The average Bonchev–Trinajstić information content (AvgIpc) is 3.20. The van der Waals surface area contributed by atoms with E-state index >= 15 is 0 Å². The molecule has 0 unspecified atom stereocenters. The zero-order valence-corrected chi connectivity index (χ0v) is 14.2. The van der Waals surface area contributed by atoms with Crippen LogP contribution in [0.3, 0.4) is 0 Å². The van der Waals surface area contributed by atoms with Gasteiger partial charge in [0, 0.05) is 31.9 Å². The molecule has 1 N–H and O–H groups in total. The van der Waals surface area contributed by atoms with Crippen LogP contribution >= 0.6 is 0 Å². The van der Waals surface area contributed by atoms with Crippen molar-refractivity contribution < 1.29 is 4.79 Å². The zero-order valence-electron chi connectivity index (χ0n) is 14.2. The van der Waals surface area contributed by atoms with Gasteiger partial charge in [0.2, 0.25) is 0 Å². The van der Waals surface area contributed by atoms with Crippen LogP contribution in [-0.4, -0.2) is 33.8 Å². The number of hydrogen-bond donors (Lipinski definition) is 1. The molecule has 2 aromatic rings. The molecular formula is C19H23N5O. The number of amides is 2. The number of carbonyl (C=O) groups excluding carboxylic acids is 1. The molecular weight excluding hydrogens is 314 g/mol. The van der Waals surface area contributed by atoms with Crippen molar-refractivity contribution in [3.63, 3.8) is 0 Å². The lowest BCUT2D eigenvalue weighted by Gasteiger charge is -2.33. The van der Waals surface area contributed by atoms with Crippen LogP contribution in [0.15, 0.2) is 48.8 Å². The van der Waals surface area contributed by atoms with Crippen molar-refractivity contribution in [2.45, 2.75) is 37.8 Å². The number of nitrogens with one attached hydrogen (secondary N) is 1. The minimum absolute atomic E-state index is 0.0503. The maximum atomic E-state index is 12.6. The standard InChI is InChI=1S/C19H23N5O/c20-11-4-8-18(16-6-2-1-3-7-16)22-19(25)23-14-9-17(10-15-23)24-13-5-12-21-24/h1-3,5-7,12-13,17-18H,4,8-10,14-15H2,(H,22,25)/t18-/m1/s1. The van der Waals surface area contributed by atoms with Gasteiger partial charge in [0.1, 0.15) is 0 Å². The van der Waals surface area contributed by atoms with Crippen LogP contribution in [0.5, 0.6) is 0 Å². The predicted molar refractivity (Wildman–Crippen MR) is 94.6 cm³/mol. The Morgan fingerprint density at radius 3 is 2.68 bits per heavy atom. The normalized spacial score (nSPS) is 16.2. The highest BCUT2D eigenvalue weighted by atomic mass is 16.2. The van der Waals surface area contributed by atoms with E-state index in [9.17, 15) is 4.79 Å². The van der Waals surface area contributed by atoms with Crippen LogP contribution in [0.25, 0.3) is 0 Å². The summed E-state index contributed by atoms with van der Waals surface area (Å²) in [6, 6.07) is 14.1. The largest absolute Gasteiger partial charge is 0.331 e. The van der Waals surface area contributed by atoms with E-state index in [0.717, 1.165) is 31.5 Å². The van der Waals surface area contributed by atoms with Gasteiger partial charge in [-0.2, -0.15) is 10.4 Å². The summed E-state index contributed by atoms with van der Waals surface area (Å²) in [6.07, 6.45) is 6.62. The van der Waals surface area contributed by atoms with Crippen LogP contribution in [-0.2, 0) is 0 Å². The van der Waals surface area contributed by atoms with Gasteiger partial charge in [-0.25, -0.2) is 4.79 Å². The Bertz CT molecular complexity index is 699. The van der Waals surface area contributed by atoms with Gasteiger partial charge in [0.25, 0.3) is 0 Å². The van der Waals surface area contributed by atoms with E-state index < -0.39 is 0 Å². The highest BCUT2D eigenvalue weighted by Crippen LogP contribution is 2.23. The van der Waals surface area contributed by atoms with Crippen molar-refractivity contribution in [3.8, 4) is 6.07 Å². The fourth-order valence-corrected chi connectivity index (χ4v) is 3.29. The summed E-state index contributed by atoms with van der Waals surface area (Å²) in [5, 5.41) is 16.3. The molecule has 0 bridgehead atoms. The molecule has 0 aliphatic carbocycles. The minimum atomic E-state index is -0.128. The number of hydrogen-bond acceptors (Lipinski definition) is 3. The zero-order chi connectivity index (χ0) is 17.5. The number of benzene rings is 1. The molecule has 1 aromatic carbocycles. The lowest BCUT2D eigenvalue weighted by atomic mass is 10.0. The number of aromatic nitrogens is 2. The second kappa shape index (κ2) is 8.34. The monoisotopic (exact) mass is 337 g/mol. The highest BCUT2D eigenvalue weighted by Gasteiger charge is 2.25. The first-order valence-electron chi connectivity index (χ1n) is 8.74. The van der Waals surface area contributed by atoms with Crippen LogP contribution in [0, 0.1) is 11.3 Å². The summed E-state index contributed by atoms with van der Waals surface area (Å²) in [7, 11) is 0. The molecule has 6 heteroatoms. The number of piperidine rings is 1. The van der Waals surface area contributed by atoms with Crippen LogP contribution in [0.1, 0.15) is 43.3 Å². The van der Waals surface area contributed by atoms with E-state index in [1.165, 1.54) is 0 Å². The molecule has 1 atom stereocenters. The first kappa shape index (κ1) is 17.0. The molecule has 25 heavy (non-hydrogen) atoms. The van der Waals surface area contributed by atoms with Gasteiger partial charge in [0.15, 0.2) is 0 Å². The van der Waals surface area contributed by atoms with Gasteiger partial charge in [-0.1, -0.05) is 30.3 Å². The molecule has 0 radical (unpaired) electrons. The smallest absolute Gasteiger partial charge is 0.317 e. The van der Waals surface area contributed by atoms with E-state index in [1.807, 2.05) is 52.2 Å². The summed E-state index contributed by atoms with van der Waals surface area (Å²) in [4.78, 5) is 14.5. The molecule has 1 saturated heterocycles. The summed E-state index contributed by atoms with van der Waals surface area (Å²) in [6.45, 7) is 1.44. The third-order valence-corrected chi connectivity index (χ3v) is 4.70. The summed E-state index contributed by atoms with van der Waals surface area (Å²) in [5.41, 5.74) is 1.04. The topological polar surface area (TPSA) is 74.0 Å². The number of nitrogens with zero attached hydrogens (tertiary/aromatic N) is 4. The maximum absolute atomic E-state index is 12.6. The Kier molecular flexibility index (Phi) is 5.68. The molecule has 2 heterocycles. The minimum Gasteiger partial charge on any atom is -0.331 e. The van der Waals surface area contributed by atoms with Crippen LogP contribution < -0.4 is 5.32 Å².